The third kappa shape index (κ3) is 3.77. The lowest BCUT2D eigenvalue weighted by molar-refractivity contribution is 0.102. The highest BCUT2D eigenvalue weighted by atomic mass is 19.1. The van der Waals surface area contributed by atoms with Crippen LogP contribution in [-0.4, -0.2) is 23.0 Å². The van der Waals surface area contributed by atoms with Crippen LogP contribution in [0.25, 0.3) is 22.4 Å². The third-order valence-corrected chi connectivity index (χ3v) is 4.34. The molecule has 0 saturated carbocycles. The van der Waals surface area contributed by atoms with Gasteiger partial charge in [0.25, 0.3) is 5.91 Å². The van der Waals surface area contributed by atoms with Crippen molar-refractivity contribution in [1.82, 2.24) is 9.97 Å². The number of carbonyl (C=O) groups excluding carboxylic acids is 1. The van der Waals surface area contributed by atoms with Crippen molar-refractivity contribution < 1.29 is 13.9 Å². The van der Waals surface area contributed by atoms with E-state index >= 15 is 0 Å². The predicted octanol–water partition coefficient (Wildman–Crippen LogP) is 4.77. The lowest BCUT2D eigenvalue weighted by Crippen LogP contribution is -2.12. The fourth-order valence-electron chi connectivity index (χ4n) is 3.03. The molecular weight excluding hydrogens is 357 g/mol. The molecule has 4 aromatic rings. The topological polar surface area (TPSA) is 67.0 Å². The van der Waals surface area contributed by atoms with E-state index in [1.165, 1.54) is 12.1 Å². The second-order valence-electron chi connectivity index (χ2n) is 6.42. The maximum Gasteiger partial charge on any atom is 0.255 e. The molecule has 0 spiro atoms. The highest BCUT2D eigenvalue weighted by Gasteiger charge is 2.10. The van der Waals surface area contributed by atoms with Crippen molar-refractivity contribution >= 4 is 22.6 Å². The Morgan fingerprint density at radius 3 is 2.79 bits per heavy atom. The van der Waals surface area contributed by atoms with Gasteiger partial charge in [-0.05, 0) is 48.0 Å². The molecule has 0 aliphatic rings. The van der Waals surface area contributed by atoms with Crippen LogP contribution in [0.5, 0.6) is 0 Å². The normalized spacial score (nSPS) is 10.9. The Morgan fingerprint density at radius 1 is 1.11 bits per heavy atom. The van der Waals surface area contributed by atoms with Crippen LogP contribution in [0.4, 0.5) is 10.1 Å². The first kappa shape index (κ1) is 17.9. The Kier molecular flexibility index (Phi) is 4.87. The van der Waals surface area contributed by atoms with Crippen LogP contribution in [0.3, 0.4) is 0 Å². The summed E-state index contributed by atoms with van der Waals surface area (Å²) in [6.07, 6.45) is 0. The molecule has 1 heterocycles. The van der Waals surface area contributed by atoms with Crippen molar-refractivity contribution in [2.24, 2.45) is 0 Å². The van der Waals surface area contributed by atoms with Gasteiger partial charge in [0.1, 0.15) is 11.6 Å². The van der Waals surface area contributed by atoms with E-state index in [4.69, 9.17) is 4.74 Å². The quantitative estimate of drug-likeness (QED) is 0.528. The largest absolute Gasteiger partial charge is 0.380 e. The molecule has 0 radical (unpaired) electrons. The monoisotopic (exact) mass is 375 g/mol. The van der Waals surface area contributed by atoms with Gasteiger partial charge in [0, 0.05) is 23.9 Å². The number of amides is 1. The average molecular weight is 375 g/mol. The summed E-state index contributed by atoms with van der Waals surface area (Å²) in [5, 5.41) is 2.89. The number of imidazole rings is 1. The molecule has 4 rings (SSSR count). The van der Waals surface area contributed by atoms with Gasteiger partial charge in [-0.1, -0.05) is 24.3 Å². The maximum atomic E-state index is 13.5. The number of hydrogen-bond acceptors (Lipinski definition) is 3. The van der Waals surface area contributed by atoms with Gasteiger partial charge in [-0.2, -0.15) is 0 Å². The molecule has 140 valence electrons. The first-order valence-corrected chi connectivity index (χ1v) is 8.77. The SMILES string of the molecule is COCc1cccc(C(=O)Nc2ccc3nc(-c4cccc(F)c4)[nH]c3c2)c1. The molecule has 28 heavy (non-hydrogen) atoms. The number of benzene rings is 3. The number of halogens is 1. The number of ether oxygens (including phenoxy) is 1. The van der Waals surface area contributed by atoms with Crippen LogP contribution in [0, 0.1) is 5.82 Å². The number of aromatic amines is 1. The van der Waals surface area contributed by atoms with Gasteiger partial charge in [-0.25, -0.2) is 9.37 Å². The number of aromatic nitrogens is 2. The van der Waals surface area contributed by atoms with E-state index in [0.29, 0.717) is 29.2 Å². The lowest BCUT2D eigenvalue weighted by Gasteiger charge is -2.07. The standard InChI is InChI=1S/C22H18FN3O2/c1-28-13-14-4-2-6-16(10-14)22(27)24-18-8-9-19-20(12-18)26-21(25-19)15-5-3-7-17(23)11-15/h2-12H,13H2,1H3,(H,24,27)(H,25,26). The zero-order valence-electron chi connectivity index (χ0n) is 15.2. The number of methoxy groups -OCH3 is 1. The van der Waals surface area contributed by atoms with Gasteiger partial charge in [-0.15, -0.1) is 0 Å². The maximum absolute atomic E-state index is 13.5. The molecule has 6 heteroatoms. The predicted molar refractivity (Wildman–Crippen MR) is 107 cm³/mol. The first-order valence-electron chi connectivity index (χ1n) is 8.77. The van der Waals surface area contributed by atoms with Gasteiger partial charge in [0.2, 0.25) is 0 Å². The zero-order chi connectivity index (χ0) is 19.5. The number of H-pyrrole nitrogens is 1. The molecule has 3 aromatic carbocycles. The number of rotatable bonds is 5. The molecule has 0 bridgehead atoms. The van der Waals surface area contributed by atoms with Crippen LogP contribution in [-0.2, 0) is 11.3 Å². The molecule has 0 atom stereocenters. The van der Waals surface area contributed by atoms with Gasteiger partial charge in [-0.3, -0.25) is 4.79 Å². The van der Waals surface area contributed by atoms with E-state index in [9.17, 15) is 9.18 Å². The molecule has 0 fully saturated rings. The zero-order valence-corrected chi connectivity index (χ0v) is 15.2. The number of hydrogen-bond donors (Lipinski definition) is 2. The van der Waals surface area contributed by atoms with E-state index in [0.717, 1.165) is 16.6 Å². The van der Waals surface area contributed by atoms with Crippen LogP contribution in [0.15, 0.2) is 66.7 Å². The molecule has 0 aliphatic heterocycles. The Labute approximate surface area is 161 Å². The van der Waals surface area contributed by atoms with Gasteiger partial charge in [0.15, 0.2) is 0 Å². The van der Waals surface area contributed by atoms with Gasteiger partial charge >= 0.3 is 0 Å². The van der Waals surface area contributed by atoms with Crippen molar-refractivity contribution in [2.45, 2.75) is 6.61 Å². The molecule has 0 aliphatic carbocycles. The van der Waals surface area contributed by atoms with Gasteiger partial charge < -0.3 is 15.0 Å². The number of anilines is 1. The summed E-state index contributed by atoms with van der Waals surface area (Å²) in [4.78, 5) is 20.2. The summed E-state index contributed by atoms with van der Waals surface area (Å²) in [6, 6.07) is 18.9. The summed E-state index contributed by atoms with van der Waals surface area (Å²) < 4.78 is 18.6. The Balaban J connectivity index is 1.58. The minimum absolute atomic E-state index is 0.206. The van der Waals surface area contributed by atoms with Crippen LogP contribution < -0.4 is 5.32 Å². The van der Waals surface area contributed by atoms with Crippen molar-refractivity contribution in [1.29, 1.82) is 0 Å². The van der Waals surface area contributed by atoms with Gasteiger partial charge in [0.05, 0.1) is 17.6 Å². The second kappa shape index (κ2) is 7.62. The fourth-order valence-corrected chi connectivity index (χ4v) is 3.03. The number of nitrogens with one attached hydrogen (secondary N) is 2. The van der Waals surface area contributed by atoms with E-state index in [1.807, 2.05) is 24.3 Å². The van der Waals surface area contributed by atoms with Crippen LogP contribution in [0.1, 0.15) is 15.9 Å². The van der Waals surface area contributed by atoms with Crippen LogP contribution >= 0.6 is 0 Å². The minimum Gasteiger partial charge on any atom is -0.380 e. The summed E-state index contributed by atoms with van der Waals surface area (Å²) in [5.74, 6) is 0.0500. The molecule has 2 N–H and O–H groups in total. The molecular formula is C22H18FN3O2. The fraction of sp³-hybridized carbons (Fsp3) is 0.0909. The summed E-state index contributed by atoms with van der Waals surface area (Å²) >= 11 is 0. The summed E-state index contributed by atoms with van der Waals surface area (Å²) in [7, 11) is 1.62. The smallest absolute Gasteiger partial charge is 0.255 e. The Hall–Kier alpha value is -3.51. The van der Waals surface area contributed by atoms with E-state index in [1.54, 1.807) is 37.4 Å². The highest BCUT2D eigenvalue weighted by molar-refractivity contribution is 6.05. The number of carbonyl (C=O) groups is 1. The molecule has 5 nitrogen and oxygen atoms in total. The molecule has 1 aromatic heterocycles. The summed E-state index contributed by atoms with van der Waals surface area (Å²) in [5.41, 5.74) is 4.28. The molecule has 1 amide bonds. The highest BCUT2D eigenvalue weighted by Crippen LogP contribution is 2.23. The number of nitrogens with zero attached hydrogens (tertiary/aromatic N) is 1. The Bertz CT molecular complexity index is 1150. The second-order valence-corrected chi connectivity index (χ2v) is 6.42. The minimum atomic E-state index is -0.318. The van der Waals surface area contributed by atoms with E-state index < -0.39 is 0 Å². The number of fused-ring (bicyclic) bond motifs is 1. The third-order valence-electron chi connectivity index (χ3n) is 4.34. The average Bonchev–Trinajstić information content (AvgIpc) is 3.12. The molecule has 0 saturated heterocycles. The lowest BCUT2D eigenvalue weighted by atomic mass is 10.1. The van der Waals surface area contributed by atoms with Crippen LogP contribution in [0.2, 0.25) is 0 Å². The van der Waals surface area contributed by atoms with Crippen molar-refractivity contribution in [3.8, 4) is 11.4 Å². The van der Waals surface area contributed by atoms with Crippen molar-refractivity contribution in [3.63, 3.8) is 0 Å². The first-order chi connectivity index (χ1) is 13.6. The van der Waals surface area contributed by atoms with Crippen molar-refractivity contribution in [2.75, 3.05) is 12.4 Å². The molecule has 0 unspecified atom stereocenters. The van der Waals surface area contributed by atoms with Crippen molar-refractivity contribution in [3.05, 3.63) is 83.7 Å². The summed E-state index contributed by atoms with van der Waals surface area (Å²) in [6.45, 7) is 0.448. The van der Waals surface area contributed by atoms with E-state index in [2.05, 4.69) is 15.3 Å². The van der Waals surface area contributed by atoms with E-state index in [-0.39, 0.29) is 11.7 Å². The Morgan fingerprint density at radius 2 is 1.96 bits per heavy atom.